The van der Waals surface area contributed by atoms with Gasteiger partial charge in [0.25, 0.3) is 5.91 Å². The third kappa shape index (κ3) is 2.51. The Morgan fingerprint density at radius 3 is 2.82 bits per heavy atom. The molecule has 3 aromatic rings. The number of fused-ring (bicyclic) bond motifs is 1. The van der Waals surface area contributed by atoms with Gasteiger partial charge >= 0.3 is 5.97 Å². The molecular formula is C15H12N4O3. The Morgan fingerprint density at radius 1 is 1.18 bits per heavy atom. The summed E-state index contributed by atoms with van der Waals surface area (Å²) in [7, 11) is 0. The first kappa shape index (κ1) is 13.7. The fourth-order valence-electron chi connectivity index (χ4n) is 2.13. The van der Waals surface area contributed by atoms with E-state index in [4.69, 9.17) is 5.11 Å². The Morgan fingerprint density at radius 2 is 2.00 bits per heavy atom. The Bertz CT molecular complexity index is 857. The van der Waals surface area contributed by atoms with E-state index in [1.165, 1.54) is 16.8 Å². The van der Waals surface area contributed by atoms with Crippen LogP contribution in [-0.4, -0.2) is 31.6 Å². The van der Waals surface area contributed by atoms with Crippen molar-refractivity contribution in [2.75, 3.05) is 0 Å². The van der Waals surface area contributed by atoms with Crippen molar-refractivity contribution in [3.63, 3.8) is 0 Å². The molecule has 22 heavy (non-hydrogen) atoms. The topological polar surface area (TPSA) is 96.6 Å². The van der Waals surface area contributed by atoms with Crippen LogP contribution in [0.5, 0.6) is 0 Å². The standard InChI is InChI=1S/C15H12N4O3/c20-14(12-9-16-13-6-3-7-18-19(12)13)17-8-10-4-1-2-5-11(10)15(21)22/h1-7,9H,8H2,(H,17,20)(H,21,22). The summed E-state index contributed by atoms with van der Waals surface area (Å²) in [4.78, 5) is 27.4. The summed E-state index contributed by atoms with van der Waals surface area (Å²) in [6.07, 6.45) is 2.99. The summed E-state index contributed by atoms with van der Waals surface area (Å²) in [6, 6.07) is 10.00. The molecule has 0 unspecified atom stereocenters. The zero-order chi connectivity index (χ0) is 15.5. The number of aromatic carboxylic acids is 1. The molecule has 0 aliphatic rings. The summed E-state index contributed by atoms with van der Waals surface area (Å²) in [5.74, 6) is -1.40. The third-order valence-corrected chi connectivity index (χ3v) is 3.20. The van der Waals surface area contributed by atoms with Gasteiger partial charge in [0.05, 0.1) is 11.8 Å². The average Bonchev–Trinajstić information content (AvgIpc) is 2.97. The monoisotopic (exact) mass is 296 g/mol. The van der Waals surface area contributed by atoms with Crippen LogP contribution in [0.2, 0.25) is 0 Å². The number of rotatable bonds is 4. The molecule has 0 aliphatic carbocycles. The van der Waals surface area contributed by atoms with Crippen molar-refractivity contribution < 1.29 is 14.7 Å². The number of carbonyl (C=O) groups is 2. The SMILES string of the molecule is O=C(O)c1ccccc1CNC(=O)c1cnc2cccnn12. The van der Waals surface area contributed by atoms with Gasteiger partial charge in [-0.05, 0) is 23.8 Å². The molecule has 0 saturated carbocycles. The van der Waals surface area contributed by atoms with Crippen molar-refractivity contribution in [1.29, 1.82) is 0 Å². The molecule has 0 saturated heterocycles. The molecule has 7 heteroatoms. The first-order chi connectivity index (χ1) is 10.7. The van der Waals surface area contributed by atoms with Gasteiger partial charge in [0, 0.05) is 12.7 Å². The number of hydrogen-bond acceptors (Lipinski definition) is 4. The Kier molecular flexibility index (Phi) is 3.53. The highest BCUT2D eigenvalue weighted by Gasteiger charge is 2.14. The van der Waals surface area contributed by atoms with E-state index in [1.54, 1.807) is 36.5 Å². The molecule has 0 radical (unpaired) electrons. The van der Waals surface area contributed by atoms with Crippen molar-refractivity contribution in [1.82, 2.24) is 19.9 Å². The molecule has 2 aromatic heterocycles. The van der Waals surface area contributed by atoms with E-state index in [-0.39, 0.29) is 18.0 Å². The van der Waals surface area contributed by atoms with E-state index >= 15 is 0 Å². The van der Waals surface area contributed by atoms with Crippen molar-refractivity contribution in [3.05, 3.63) is 65.6 Å². The van der Waals surface area contributed by atoms with E-state index in [0.717, 1.165) is 0 Å². The Balaban J connectivity index is 1.80. The van der Waals surface area contributed by atoms with Crippen molar-refractivity contribution >= 4 is 17.5 Å². The summed E-state index contributed by atoms with van der Waals surface area (Å²) < 4.78 is 1.43. The molecule has 0 fully saturated rings. The first-order valence-electron chi connectivity index (χ1n) is 6.55. The van der Waals surface area contributed by atoms with Crippen LogP contribution in [-0.2, 0) is 6.54 Å². The summed E-state index contributed by atoms with van der Waals surface area (Å²) in [5.41, 5.74) is 1.56. The molecule has 110 valence electrons. The summed E-state index contributed by atoms with van der Waals surface area (Å²) in [5, 5.41) is 15.9. The van der Waals surface area contributed by atoms with Crippen LogP contribution in [0.1, 0.15) is 26.4 Å². The zero-order valence-corrected chi connectivity index (χ0v) is 11.4. The fourth-order valence-corrected chi connectivity index (χ4v) is 2.13. The number of hydrogen-bond donors (Lipinski definition) is 2. The second-order valence-electron chi connectivity index (χ2n) is 4.58. The van der Waals surface area contributed by atoms with Gasteiger partial charge in [0.15, 0.2) is 5.65 Å². The second-order valence-corrected chi connectivity index (χ2v) is 4.58. The average molecular weight is 296 g/mol. The van der Waals surface area contributed by atoms with Crippen molar-refractivity contribution in [3.8, 4) is 0 Å². The van der Waals surface area contributed by atoms with Crippen molar-refractivity contribution in [2.45, 2.75) is 6.54 Å². The Labute approximate surface area is 125 Å². The van der Waals surface area contributed by atoms with Crippen molar-refractivity contribution in [2.24, 2.45) is 0 Å². The van der Waals surface area contributed by atoms with Gasteiger partial charge < -0.3 is 10.4 Å². The molecule has 0 bridgehead atoms. The predicted molar refractivity (Wildman–Crippen MR) is 77.6 cm³/mol. The van der Waals surface area contributed by atoms with Gasteiger partial charge in [-0.15, -0.1) is 0 Å². The maximum atomic E-state index is 12.2. The largest absolute Gasteiger partial charge is 0.478 e. The van der Waals surface area contributed by atoms with Crippen LogP contribution in [0.4, 0.5) is 0 Å². The van der Waals surface area contributed by atoms with Gasteiger partial charge in [-0.25, -0.2) is 14.3 Å². The molecule has 0 atom stereocenters. The minimum atomic E-state index is -1.03. The number of carboxylic acid groups (broad SMARTS) is 1. The van der Waals surface area contributed by atoms with Gasteiger partial charge in [0.1, 0.15) is 5.69 Å². The summed E-state index contributed by atoms with van der Waals surface area (Å²) in [6.45, 7) is 0.112. The van der Waals surface area contributed by atoms with Crippen LogP contribution in [0.15, 0.2) is 48.8 Å². The van der Waals surface area contributed by atoms with Gasteiger partial charge in [0.2, 0.25) is 0 Å². The molecule has 1 amide bonds. The van der Waals surface area contributed by atoms with E-state index < -0.39 is 5.97 Å². The van der Waals surface area contributed by atoms with E-state index in [1.807, 2.05) is 0 Å². The lowest BCUT2D eigenvalue weighted by Crippen LogP contribution is -2.25. The highest BCUT2D eigenvalue weighted by atomic mass is 16.4. The third-order valence-electron chi connectivity index (χ3n) is 3.20. The number of imidazole rings is 1. The number of nitrogens with one attached hydrogen (secondary N) is 1. The van der Waals surface area contributed by atoms with Crippen LogP contribution >= 0.6 is 0 Å². The zero-order valence-electron chi connectivity index (χ0n) is 11.4. The molecule has 0 aliphatic heterocycles. The maximum Gasteiger partial charge on any atom is 0.336 e. The molecule has 3 rings (SSSR count). The van der Waals surface area contributed by atoms with Crippen LogP contribution in [0.3, 0.4) is 0 Å². The van der Waals surface area contributed by atoms with E-state index in [9.17, 15) is 9.59 Å². The number of nitrogens with zero attached hydrogens (tertiary/aromatic N) is 3. The number of aromatic nitrogens is 3. The lowest BCUT2D eigenvalue weighted by Gasteiger charge is -2.07. The number of amides is 1. The highest BCUT2D eigenvalue weighted by Crippen LogP contribution is 2.09. The first-order valence-corrected chi connectivity index (χ1v) is 6.55. The maximum absolute atomic E-state index is 12.2. The summed E-state index contributed by atoms with van der Waals surface area (Å²) >= 11 is 0. The van der Waals surface area contributed by atoms with Crippen LogP contribution < -0.4 is 5.32 Å². The Hall–Kier alpha value is -3.22. The second kappa shape index (κ2) is 5.65. The number of carboxylic acids is 1. The molecule has 0 spiro atoms. The smallest absolute Gasteiger partial charge is 0.336 e. The minimum Gasteiger partial charge on any atom is -0.478 e. The predicted octanol–water partition coefficient (Wildman–Crippen LogP) is 1.36. The van der Waals surface area contributed by atoms with Crippen LogP contribution in [0.25, 0.3) is 5.65 Å². The lowest BCUT2D eigenvalue weighted by atomic mass is 10.1. The van der Waals surface area contributed by atoms with E-state index in [0.29, 0.717) is 16.9 Å². The molecule has 2 N–H and O–H groups in total. The number of benzene rings is 1. The quantitative estimate of drug-likeness (QED) is 0.757. The van der Waals surface area contributed by atoms with Gasteiger partial charge in [-0.2, -0.15) is 5.10 Å². The van der Waals surface area contributed by atoms with Gasteiger partial charge in [-0.3, -0.25) is 4.79 Å². The molecule has 2 heterocycles. The lowest BCUT2D eigenvalue weighted by molar-refractivity contribution is 0.0694. The number of carbonyl (C=O) groups excluding carboxylic acids is 1. The molecule has 7 nitrogen and oxygen atoms in total. The minimum absolute atomic E-state index is 0.112. The molecular weight excluding hydrogens is 284 g/mol. The van der Waals surface area contributed by atoms with Crippen LogP contribution in [0, 0.1) is 0 Å². The molecule has 1 aromatic carbocycles. The van der Waals surface area contributed by atoms with E-state index in [2.05, 4.69) is 15.4 Å². The highest BCUT2D eigenvalue weighted by molar-refractivity contribution is 5.93. The normalized spacial score (nSPS) is 10.5. The van der Waals surface area contributed by atoms with Gasteiger partial charge in [-0.1, -0.05) is 18.2 Å². The fraction of sp³-hybridized carbons (Fsp3) is 0.0667.